The van der Waals surface area contributed by atoms with Crippen molar-refractivity contribution in [3.8, 4) is 0 Å². The Bertz CT molecular complexity index is 613. The maximum Gasteiger partial charge on any atom is 0.410 e. The van der Waals surface area contributed by atoms with Gasteiger partial charge in [-0.3, -0.25) is 9.67 Å². The third-order valence-electron chi connectivity index (χ3n) is 4.27. The molecule has 2 heterocycles. The van der Waals surface area contributed by atoms with Crippen LogP contribution in [0.15, 0.2) is 11.3 Å². The highest BCUT2D eigenvalue weighted by Crippen LogP contribution is 2.19. The maximum atomic E-state index is 12.1. The molecule has 0 aromatic carbocycles. The summed E-state index contributed by atoms with van der Waals surface area (Å²) in [5.41, 5.74) is -0.448. The fourth-order valence-corrected chi connectivity index (χ4v) is 2.75. The zero-order chi connectivity index (χ0) is 19.2. The van der Waals surface area contributed by atoms with Crippen LogP contribution in [0.4, 0.5) is 4.79 Å². The number of aryl methyl sites for hydroxylation is 1. The monoisotopic (exact) mass is 365 g/mol. The molecule has 1 aliphatic rings. The van der Waals surface area contributed by atoms with Gasteiger partial charge in [-0.15, -0.1) is 0 Å². The number of carbonyl (C=O) groups excluding carboxylic acids is 1. The standard InChI is InChI=1S/C17H31N7O2/c1-17(2,3)26-16(25)24-8-6-13(7-9-24)10-19-15(18-4)20-11-14-21-12-22-23(14)5/h12-13H,6-11H2,1-5H3,(H2,18,19,20). The number of aliphatic imine (C=N–C) groups is 1. The second-order valence-electron chi connectivity index (χ2n) is 7.52. The van der Waals surface area contributed by atoms with Gasteiger partial charge in [0.05, 0.1) is 6.54 Å². The lowest BCUT2D eigenvalue weighted by atomic mass is 9.97. The molecule has 0 unspecified atom stereocenters. The summed E-state index contributed by atoms with van der Waals surface area (Å²) in [5.74, 6) is 2.09. The number of carbonyl (C=O) groups is 1. The molecule has 0 atom stereocenters. The Morgan fingerprint density at radius 3 is 2.58 bits per heavy atom. The lowest BCUT2D eigenvalue weighted by Gasteiger charge is -2.33. The predicted octanol–water partition coefficient (Wildman–Crippen LogP) is 1.13. The maximum absolute atomic E-state index is 12.1. The molecule has 1 fully saturated rings. The van der Waals surface area contributed by atoms with E-state index in [2.05, 4.69) is 25.7 Å². The molecule has 2 rings (SSSR count). The van der Waals surface area contributed by atoms with E-state index in [0.717, 1.165) is 44.3 Å². The van der Waals surface area contributed by atoms with Crippen LogP contribution >= 0.6 is 0 Å². The smallest absolute Gasteiger partial charge is 0.410 e. The van der Waals surface area contributed by atoms with Gasteiger partial charge in [-0.25, -0.2) is 9.78 Å². The van der Waals surface area contributed by atoms with E-state index in [-0.39, 0.29) is 6.09 Å². The average molecular weight is 365 g/mol. The molecule has 9 heteroatoms. The van der Waals surface area contributed by atoms with Crippen LogP contribution in [0.1, 0.15) is 39.4 Å². The second kappa shape index (κ2) is 8.86. The van der Waals surface area contributed by atoms with Crippen LogP contribution in [0.5, 0.6) is 0 Å². The number of aromatic nitrogens is 3. The molecule has 1 aromatic rings. The van der Waals surface area contributed by atoms with Crippen LogP contribution < -0.4 is 10.6 Å². The van der Waals surface area contributed by atoms with Crippen molar-refractivity contribution in [2.24, 2.45) is 18.0 Å². The molecule has 1 aromatic heterocycles. The molecule has 2 N–H and O–H groups in total. The predicted molar refractivity (Wildman–Crippen MR) is 99.7 cm³/mol. The van der Waals surface area contributed by atoms with Gasteiger partial charge in [0.1, 0.15) is 17.8 Å². The number of hydrogen-bond donors (Lipinski definition) is 2. The number of ether oxygens (including phenoxy) is 1. The van der Waals surface area contributed by atoms with Gasteiger partial charge in [0.2, 0.25) is 0 Å². The van der Waals surface area contributed by atoms with Crippen molar-refractivity contribution in [1.82, 2.24) is 30.3 Å². The number of piperidine rings is 1. The number of likely N-dealkylation sites (tertiary alicyclic amines) is 1. The van der Waals surface area contributed by atoms with Crippen LogP contribution in [0.25, 0.3) is 0 Å². The Hall–Kier alpha value is -2.32. The van der Waals surface area contributed by atoms with Crippen LogP contribution in [0, 0.1) is 5.92 Å². The molecular formula is C17H31N7O2. The van der Waals surface area contributed by atoms with Crippen molar-refractivity contribution in [2.75, 3.05) is 26.7 Å². The Kier molecular flexibility index (Phi) is 6.82. The largest absolute Gasteiger partial charge is 0.444 e. The summed E-state index contributed by atoms with van der Waals surface area (Å²) < 4.78 is 7.16. The van der Waals surface area contributed by atoms with E-state index in [0.29, 0.717) is 12.5 Å². The van der Waals surface area contributed by atoms with Crippen LogP contribution in [-0.4, -0.2) is 64.0 Å². The van der Waals surface area contributed by atoms with Gasteiger partial charge >= 0.3 is 6.09 Å². The van der Waals surface area contributed by atoms with Crippen molar-refractivity contribution >= 4 is 12.1 Å². The van der Waals surface area contributed by atoms with Gasteiger partial charge < -0.3 is 20.3 Å². The van der Waals surface area contributed by atoms with E-state index < -0.39 is 5.60 Å². The lowest BCUT2D eigenvalue weighted by Crippen LogP contribution is -2.45. The fraction of sp³-hybridized carbons (Fsp3) is 0.765. The topological polar surface area (TPSA) is 96.7 Å². The molecule has 1 amide bonds. The minimum Gasteiger partial charge on any atom is -0.444 e. The molecule has 1 aliphatic heterocycles. The van der Waals surface area contributed by atoms with E-state index in [1.807, 2.05) is 27.8 Å². The molecule has 1 saturated heterocycles. The minimum atomic E-state index is -0.448. The van der Waals surface area contributed by atoms with Crippen molar-refractivity contribution < 1.29 is 9.53 Å². The summed E-state index contributed by atoms with van der Waals surface area (Å²) in [5, 5.41) is 10.6. The van der Waals surface area contributed by atoms with Crippen molar-refractivity contribution in [3.63, 3.8) is 0 Å². The van der Waals surface area contributed by atoms with Crippen LogP contribution in [0.2, 0.25) is 0 Å². The van der Waals surface area contributed by atoms with Gasteiger partial charge in [-0.2, -0.15) is 5.10 Å². The number of amides is 1. The zero-order valence-electron chi connectivity index (χ0n) is 16.4. The second-order valence-corrected chi connectivity index (χ2v) is 7.52. The number of guanidine groups is 1. The number of rotatable bonds is 4. The number of hydrogen-bond acceptors (Lipinski definition) is 5. The molecule has 0 radical (unpaired) electrons. The summed E-state index contributed by atoms with van der Waals surface area (Å²) in [6.07, 6.45) is 3.22. The summed E-state index contributed by atoms with van der Waals surface area (Å²) in [7, 11) is 3.61. The van der Waals surface area contributed by atoms with Crippen molar-refractivity contribution in [1.29, 1.82) is 0 Å². The van der Waals surface area contributed by atoms with E-state index >= 15 is 0 Å². The molecule has 0 aliphatic carbocycles. The van der Waals surface area contributed by atoms with Gasteiger partial charge in [0.15, 0.2) is 5.96 Å². The molecule has 0 saturated carbocycles. The SMILES string of the molecule is CN=C(NCc1ncnn1C)NCC1CCN(C(=O)OC(C)(C)C)CC1. The zero-order valence-corrected chi connectivity index (χ0v) is 16.4. The third kappa shape index (κ3) is 6.20. The first-order chi connectivity index (χ1) is 12.3. The number of nitrogens with zero attached hydrogens (tertiary/aromatic N) is 5. The van der Waals surface area contributed by atoms with Crippen LogP contribution in [-0.2, 0) is 18.3 Å². The van der Waals surface area contributed by atoms with Crippen molar-refractivity contribution in [3.05, 3.63) is 12.2 Å². The molecule has 146 valence electrons. The Balaban J connectivity index is 1.70. The van der Waals surface area contributed by atoms with E-state index in [4.69, 9.17) is 4.74 Å². The minimum absolute atomic E-state index is 0.218. The average Bonchev–Trinajstić information content (AvgIpc) is 2.99. The first-order valence-corrected chi connectivity index (χ1v) is 9.04. The van der Waals surface area contributed by atoms with E-state index in [1.54, 1.807) is 16.6 Å². The summed E-state index contributed by atoms with van der Waals surface area (Å²) in [6.45, 7) is 8.51. The molecule has 26 heavy (non-hydrogen) atoms. The Labute approximate surface area is 155 Å². The third-order valence-corrected chi connectivity index (χ3v) is 4.27. The van der Waals surface area contributed by atoms with Gasteiger partial charge in [-0.1, -0.05) is 0 Å². The Morgan fingerprint density at radius 1 is 1.35 bits per heavy atom. The molecule has 9 nitrogen and oxygen atoms in total. The van der Waals surface area contributed by atoms with Crippen LogP contribution in [0.3, 0.4) is 0 Å². The molecule has 0 spiro atoms. The van der Waals surface area contributed by atoms with E-state index in [1.165, 1.54) is 6.33 Å². The molecular weight excluding hydrogens is 334 g/mol. The first kappa shape index (κ1) is 20.0. The van der Waals surface area contributed by atoms with Gasteiger partial charge in [-0.05, 0) is 39.5 Å². The van der Waals surface area contributed by atoms with Gasteiger partial charge in [0.25, 0.3) is 0 Å². The summed E-state index contributed by atoms with van der Waals surface area (Å²) in [4.78, 5) is 22.3. The fourth-order valence-electron chi connectivity index (χ4n) is 2.75. The summed E-state index contributed by atoms with van der Waals surface area (Å²) in [6, 6.07) is 0. The summed E-state index contributed by atoms with van der Waals surface area (Å²) >= 11 is 0. The van der Waals surface area contributed by atoms with Gasteiger partial charge in [0, 0.05) is 33.7 Å². The number of nitrogens with one attached hydrogen (secondary N) is 2. The molecule has 0 bridgehead atoms. The van der Waals surface area contributed by atoms with Crippen molar-refractivity contribution in [2.45, 2.75) is 45.8 Å². The van der Waals surface area contributed by atoms with E-state index in [9.17, 15) is 4.79 Å². The highest BCUT2D eigenvalue weighted by molar-refractivity contribution is 5.79. The normalized spacial score (nSPS) is 16.5. The highest BCUT2D eigenvalue weighted by Gasteiger charge is 2.26. The quantitative estimate of drug-likeness (QED) is 0.613. The highest BCUT2D eigenvalue weighted by atomic mass is 16.6. The lowest BCUT2D eigenvalue weighted by molar-refractivity contribution is 0.0185. The first-order valence-electron chi connectivity index (χ1n) is 9.04. The Morgan fingerprint density at radius 2 is 2.04 bits per heavy atom.